The summed E-state index contributed by atoms with van der Waals surface area (Å²) in [7, 11) is 2.10. The molecule has 1 heterocycles. The van der Waals surface area contributed by atoms with Crippen LogP contribution >= 0.6 is 0 Å². The SMILES string of the molecule is CC(C)CC(C)N(C)c1ncccc1[C@H](C)N. The first-order chi connectivity index (χ1) is 7.93. The van der Waals surface area contributed by atoms with Crippen molar-refractivity contribution in [1.29, 1.82) is 0 Å². The molecule has 1 aromatic rings. The number of nitrogens with two attached hydrogens (primary N) is 1. The fraction of sp³-hybridized carbons (Fsp3) is 0.643. The van der Waals surface area contributed by atoms with Crippen LogP contribution in [0, 0.1) is 5.92 Å². The molecular weight excluding hydrogens is 210 g/mol. The normalized spacial score (nSPS) is 14.8. The van der Waals surface area contributed by atoms with E-state index in [-0.39, 0.29) is 6.04 Å². The van der Waals surface area contributed by atoms with Crippen LogP contribution in [0.4, 0.5) is 5.82 Å². The highest BCUT2D eigenvalue weighted by Gasteiger charge is 2.17. The van der Waals surface area contributed by atoms with E-state index in [9.17, 15) is 0 Å². The molecule has 1 unspecified atom stereocenters. The topological polar surface area (TPSA) is 42.2 Å². The maximum absolute atomic E-state index is 5.99. The summed E-state index contributed by atoms with van der Waals surface area (Å²) >= 11 is 0. The molecule has 0 aliphatic rings. The Kier molecular flexibility index (Phi) is 4.94. The zero-order valence-electron chi connectivity index (χ0n) is 11.6. The second-order valence-corrected chi connectivity index (χ2v) is 5.29. The Hall–Kier alpha value is -1.09. The Bertz CT molecular complexity index is 347. The molecule has 2 atom stereocenters. The van der Waals surface area contributed by atoms with Crippen molar-refractivity contribution in [3.05, 3.63) is 23.9 Å². The van der Waals surface area contributed by atoms with Crippen molar-refractivity contribution in [3.63, 3.8) is 0 Å². The number of hydrogen-bond donors (Lipinski definition) is 1. The molecule has 0 spiro atoms. The third kappa shape index (κ3) is 3.70. The van der Waals surface area contributed by atoms with E-state index in [0.29, 0.717) is 12.0 Å². The lowest BCUT2D eigenvalue weighted by Gasteiger charge is -2.29. The first-order valence-electron chi connectivity index (χ1n) is 6.36. The van der Waals surface area contributed by atoms with E-state index in [4.69, 9.17) is 5.73 Å². The van der Waals surface area contributed by atoms with Gasteiger partial charge in [-0.1, -0.05) is 19.9 Å². The van der Waals surface area contributed by atoms with Crippen molar-refractivity contribution in [3.8, 4) is 0 Å². The minimum Gasteiger partial charge on any atom is -0.357 e. The smallest absolute Gasteiger partial charge is 0.133 e. The van der Waals surface area contributed by atoms with Gasteiger partial charge in [0.25, 0.3) is 0 Å². The lowest BCUT2D eigenvalue weighted by molar-refractivity contribution is 0.500. The zero-order chi connectivity index (χ0) is 13.0. The summed E-state index contributed by atoms with van der Waals surface area (Å²) in [4.78, 5) is 6.71. The maximum Gasteiger partial charge on any atom is 0.133 e. The Morgan fingerprint density at radius 3 is 2.47 bits per heavy atom. The molecule has 96 valence electrons. The standard InChI is InChI=1S/C14H25N3/c1-10(2)9-11(3)17(5)14-13(12(4)15)7-6-8-16-14/h6-8,10-12H,9,15H2,1-5H3/t11?,12-/m0/s1. The molecule has 0 saturated heterocycles. The van der Waals surface area contributed by atoms with E-state index in [1.165, 1.54) is 0 Å². The fourth-order valence-electron chi connectivity index (χ4n) is 2.11. The number of rotatable bonds is 5. The number of hydrogen-bond acceptors (Lipinski definition) is 3. The van der Waals surface area contributed by atoms with E-state index in [0.717, 1.165) is 17.8 Å². The molecule has 0 bridgehead atoms. The molecule has 0 saturated carbocycles. The molecule has 1 aromatic heterocycles. The number of anilines is 1. The lowest BCUT2D eigenvalue weighted by atomic mass is 10.0. The molecule has 0 fully saturated rings. The molecule has 0 radical (unpaired) electrons. The van der Waals surface area contributed by atoms with Gasteiger partial charge < -0.3 is 10.6 Å². The Morgan fingerprint density at radius 2 is 1.94 bits per heavy atom. The predicted molar refractivity (Wildman–Crippen MR) is 74.2 cm³/mol. The molecule has 3 heteroatoms. The summed E-state index contributed by atoms with van der Waals surface area (Å²) in [5.41, 5.74) is 7.10. The first kappa shape index (κ1) is 14.0. The van der Waals surface area contributed by atoms with E-state index in [1.54, 1.807) is 0 Å². The van der Waals surface area contributed by atoms with Crippen LogP contribution in [-0.4, -0.2) is 18.1 Å². The highest BCUT2D eigenvalue weighted by atomic mass is 15.2. The monoisotopic (exact) mass is 235 g/mol. The first-order valence-corrected chi connectivity index (χ1v) is 6.36. The van der Waals surface area contributed by atoms with Gasteiger partial charge >= 0.3 is 0 Å². The van der Waals surface area contributed by atoms with Gasteiger partial charge in [-0.3, -0.25) is 0 Å². The molecule has 0 aromatic carbocycles. The minimum atomic E-state index is 0.0207. The molecule has 17 heavy (non-hydrogen) atoms. The predicted octanol–water partition coefficient (Wildman–Crippen LogP) is 2.97. The van der Waals surface area contributed by atoms with E-state index >= 15 is 0 Å². The van der Waals surface area contributed by atoms with Gasteiger partial charge in [-0.15, -0.1) is 0 Å². The van der Waals surface area contributed by atoms with Gasteiger partial charge in [-0.2, -0.15) is 0 Å². The van der Waals surface area contributed by atoms with E-state index < -0.39 is 0 Å². The summed E-state index contributed by atoms with van der Waals surface area (Å²) in [5.74, 6) is 1.70. The highest BCUT2D eigenvalue weighted by Crippen LogP contribution is 2.24. The summed E-state index contributed by atoms with van der Waals surface area (Å²) in [6.45, 7) is 8.73. The van der Waals surface area contributed by atoms with Crippen LogP contribution < -0.4 is 10.6 Å². The average Bonchev–Trinajstić information content (AvgIpc) is 2.27. The van der Waals surface area contributed by atoms with Gasteiger partial charge in [0.1, 0.15) is 5.82 Å². The fourth-order valence-corrected chi connectivity index (χ4v) is 2.11. The van der Waals surface area contributed by atoms with E-state index in [2.05, 4.69) is 43.8 Å². The maximum atomic E-state index is 5.99. The van der Waals surface area contributed by atoms with Crippen LogP contribution in [0.2, 0.25) is 0 Å². The third-order valence-electron chi connectivity index (χ3n) is 3.12. The summed E-state index contributed by atoms with van der Waals surface area (Å²) in [6.07, 6.45) is 2.99. The van der Waals surface area contributed by atoms with Crippen molar-refractivity contribution < 1.29 is 0 Å². The zero-order valence-corrected chi connectivity index (χ0v) is 11.6. The minimum absolute atomic E-state index is 0.0207. The van der Waals surface area contributed by atoms with Gasteiger partial charge in [0.05, 0.1) is 0 Å². The van der Waals surface area contributed by atoms with Crippen LogP contribution in [0.1, 0.15) is 45.7 Å². The highest BCUT2D eigenvalue weighted by molar-refractivity contribution is 5.48. The molecule has 2 N–H and O–H groups in total. The number of pyridine rings is 1. The molecular formula is C14H25N3. The Balaban J connectivity index is 2.91. The lowest BCUT2D eigenvalue weighted by Crippen LogP contribution is -2.32. The molecule has 0 aliphatic carbocycles. The largest absolute Gasteiger partial charge is 0.357 e. The molecule has 3 nitrogen and oxygen atoms in total. The van der Waals surface area contributed by atoms with Gasteiger partial charge in [0.15, 0.2) is 0 Å². The summed E-state index contributed by atoms with van der Waals surface area (Å²) in [6, 6.07) is 4.50. The average molecular weight is 235 g/mol. The van der Waals surface area contributed by atoms with Crippen LogP contribution in [-0.2, 0) is 0 Å². The van der Waals surface area contributed by atoms with Gasteiger partial charge in [-0.25, -0.2) is 4.98 Å². The Morgan fingerprint density at radius 1 is 1.29 bits per heavy atom. The van der Waals surface area contributed by atoms with Crippen LogP contribution in [0.5, 0.6) is 0 Å². The van der Waals surface area contributed by atoms with Crippen LogP contribution in [0.15, 0.2) is 18.3 Å². The molecule has 1 rings (SSSR count). The van der Waals surface area contributed by atoms with Crippen LogP contribution in [0.3, 0.4) is 0 Å². The number of aromatic nitrogens is 1. The van der Waals surface area contributed by atoms with Crippen molar-refractivity contribution in [2.45, 2.75) is 46.2 Å². The summed E-state index contributed by atoms with van der Waals surface area (Å²) < 4.78 is 0. The molecule has 0 amide bonds. The van der Waals surface area contributed by atoms with Crippen molar-refractivity contribution >= 4 is 5.82 Å². The second kappa shape index (κ2) is 6.01. The van der Waals surface area contributed by atoms with Crippen molar-refractivity contribution in [2.24, 2.45) is 11.7 Å². The van der Waals surface area contributed by atoms with Gasteiger partial charge in [-0.05, 0) is 32.3 Å². The second-order valence-electron chi connectivity index (χ2n) is 5.29. The van der Waals surface area contributed by atoms with E-state index in [1.807, 2.05) is 19.2 Å². The van der Waals surface area contributed by atoms with Crippen LogP contribution in [0.25, 0.3) is 0 Å². The van der Waals surface area contributed by atoms with Gasteiger partial charge in [0.2, 0.25) is 0 Å². The van der Waals surface area contributed by atoms with Crippen molar-refractivity contribution in [2.75, 3.05) is 11.9 Å². The third-order valence-corrected chi connectivity index (χ3v) is 3.12. The molecule has 0 aliphatic heterocycles. The Labute approximate surface area is 105 Å². The van der Waals surface area contributed by atoms with Gasteiger partial charge in [0, 0.05) is 30.9 Å². The van der Waals surface area contributed by atoms with Crippen molar-refractivity contribution in [1.82, 2.24) is 4.98 Å². The quantitative estimate of drug-likeness (QED) is 0.853. The number of nitrogens with zero attached hydrogens (tertiary/aromatic N) is 2. The summed E-state index contributed by atoms with van der Waals surface area (Å²) in [5, 5.41) is 0.